The molecule has 0 saturated carbocycles. The SMILES string of the molecule is COc1ccc(CC(C#N)c2cc(C)ccc2OC)c(OC)c1. The molecule has 0 fully saturated rings. The molecule has 0 spiro atoms. The molecule has 2 rings (SSSR count). The highest BCUT2D eigenvalue weighted by molar-refractivity contribution is 5.46. The molecule has 0 amide bonds. The molecular formula is C19H21NO3. The Bertz CT molecular complexity index is 719. The quantitative estimate of drug-likeness (QED) is 0.812. The van der Waals surface area contributed by atoms with Crippen LogP contribution >= 0.6 is 0 Å². The van der Waals surface area contributed by atoms with Crippen molar-refractivity contribution in [2.75, 3.05) is 21.3 Å². The second-order valence-electron chi connectivity index (χ2n) is 5.31. The van der Waals surface area contributed by atoms with Crippen LogP contribution in [0.5, 0.6) is 17.2 Å². The molecule has 1 atom stereocenters. The Balaban J connectivity index is 2.37. The van der Waals surface area contributed by atoms with E-state index in [1.165, 1.54) is 0 Å². The fraction of sp³-hybridized carbons (Fsp3) is 0.316. The van der Waals surface area contributed by atoms with Crippen molar-refractivity contribution in [3.63, 3.8) is 0 Å². The summed E-state index contributed by atoms with van der Waals surface area (Å²) in [6.45, 7) is 2.01. The number of nitrogens with zero attached hydrogens (tertiary/aromatic N) is 1. The zero-order chi connectivity index (χ0) is 16.8. The summed E-state index contributed by atoms with van der Waals surface area (Å²) in [4.78, 5) is 0. The van der Waals surface area contributed by atoms with E-state index in [1.807, 2.05) is 43.3 Å². The average molecular weight is 311 g/mol. The van der Waals surface area contributed by atoms with Crippen molar-refractivity contribution in [3.8, 4) is 23.3 Å². The average Bonchev–Trinajstić information content (AvgIpc) is 2.59. The molecule has 0 saturated heterocycles. The fourth-order valence-corrected chi connectivity index (χ4v) is 2.59. The molecule has 0 radical (unpaired) electrons. The van der Waals surface area contributed by atoms with Crippen molar-refractivity contribution < 1.29 is 14.2 Å². The molecule has 4 nitrogen and oxygen atoms in total. The number of ether oxygens (including phenoxy) is 3. The summed E-state index contributed by atoms with van der Waals surface area (Å²) in [5, 5.41) is 9.64. The van der Waals surface area contributed by atoms with Crippen molar-refractivity contribution in [2.45, 2.75) is 19.3 Å². The van der Waals surface area contributed by atoms with Crippen molar-refractivity contribution in [3.05, 3.63) is 53.1 Å². The summed E-state index contributed by atoms with van der Waals surface area (Å²) in [7, 11) is 4.85. The highest BCUT2D eigenvalue weighted by atomic mass is 16.5. The second-order valence-corrected chi connectivity index (χ2v) is 5.31. The summed E-state index contributed by atoms with van der Waals surface area (Å²) in [6.07, 6.45) is 0.545. The van der Waals surface area contributed by atoms with Crippen LogP contribution in [-0.4, -0.2) is 21.3 Å². The van der Waals surface area contributed by atoms with Crippen molar-refractivity contribution >= 4 is 0 Å². The first-order valence-corrected chi connectivity index (χ1v) is 7.38. The zero-order valence-electron chi connectivity index (χ0n) is 13.9. The zero-order valence-corrected chi connectivity index (χ0v) is 13.9. The number of nitriles is 1. The van der Waals surface area contributed by atoms with Crippen LogP contribution in [0, 0.1) is 18.3 Å². The van der Waals surface area contributed by atoms with Crippen LogP contribution in [0.25, 0.3) is 0 Å². The molecule has 0 aliphatic carbocycles. The van der Waals surface area contributed by atoms with Crippen molar-refractivity contribution in [1.82, 2.24) is 0 Å². The van der Waals surface area contributed by atoms with Crippen LogP contribution in [0.4, 0.5) is 0 Å². The summed E-state index contributed by atoms with van der Waals surface area (Å²) < 4.78 is 16.1. The molecular weight excluding hydrogens is 290 g/mol. The second kappa shape index (κ2) is 7.55. The molecule has 0 N–H and O–H groups in total. The lowest BCUT2D eigenvalue weighted by Gasteiger charge is -2.16. The van der Waals surface area contributed by atoms with E-state index >= 15 is 0 Å². The third kappa shape index (κ3) is 3.75. The van der Waals surface area contributed by atoms with E-state index in [4.69, 9.17) is 14.2 Å². The number of benzene rings is 2. The summed E-state index contributed by atoms with van der Waals surface area (Å²) in [5.41, 5.74) is 2.96. The molecule has 1 unspecified atom stereocenters. The fourth-order valence-electron chi connectivity index (χ4n) is 2.59. The Morgan fingerprint density at radius 2 is 1.70 bits per heavy atom. The lowest BCUT2D eigenvalue weighted by molar-refractivity contribution is 0.390. The predicted octanol–water partition coefficient (Wildman–Crippen LogP) is 3.87. The number of rotatable bonds is 6. The Morgan fingerprint density at radius 3 is 2.30 bits per heavy atom. The lowest BCUT2D eigenvalue weighted by atomic mass is 9.91. The van der Waals surface area contributed by atoms with E-state index < -0.39 is 0 Å². The van der Waals surface area contributed by atoms with Crippen LogP contribution < -0.4 is 14.2 Å². The van der Waals surface area contributed by atoms with Gasteiger partial charge < -0.3 is 14.2 Å². The number of hydrogen-bond donors (Lipinski definition) is 0. The smallest absolute Gasteiger partial charge is 0.125 e. The normalized spacial score (nSPS) is 11.4. The topological polar surface area (TPSA) is 51.5 Å². The minimum Gasteiger partial charge on any atom is -0.497 e. The van der Waals surface area contributed by atoms with Crippen LogP contribution in [0.3, 0.4) is 0 Å². The molecule has 23 heavy (non-hydrogen) atoms. The van der Waals surface area contributed by atoms with Gasteiger partial charge in [0.1, 0.15) is 17.2 Å². The first-order valence-electron chi connectivity index (χ1n) is 7.38. The molecule has 0 aliphatic heterocycles. The van der Waals surface area contributed by atoms with Gasteiger partial charge in [-0.05, 0) is 31.0 Å². The van der Waals surface area contributed by atoms with Crippen LogP contribution in [-0.2, 0) is 6.42 Å². The first-order chi connectivity index (χ1) is 11.1. The number of aryl methyl sites for hydroxylation is 1. The highest BCUT2D eigenvalue weighted by Crippen LogP contribution is 2.33. The standard InChI is InChI=1S/C19H21NO3/c1-13-5-8-18(22-3)17(9-13)15(12-20)10-14-6-7-16(21-2)11-19(14)23-4/h5-9,11,15H,10H2,1-4H3. The lowest BCUT2D eigenvalue weighted by Crippen LogP contribution is -2.05. The van der Waals surface area contributed by atoms with E-state index in [0.717, 1.165) is 33.9 Å². The minimum atomic E-state index is -0.313. The molecule has 0 aliphatic rings. The highest BCUT2D eigenvalue weighted by Gasteiger charge is 2.19. The van der Waals surface area contributed by atoms with E-state index in [2.05, 4.69) is 6.07 Å². The van der Waals surface area contributed by atoms with Gasteiger partial charge in [0.05, 0.1) is 33.3 Å². The summed E-state index contributed by atoms with van der Waals surface area (Å²) in [6, 6.07) is 13.9. The van der Waals surface area contributed by atoms with Gasteiger partial charge in [-0.25, -0.2) is 0 Å². The molecule has 2 aromatic carbocycles. The van der Waals surface area contributed by atoms with Gasteiger partial charge in [-0.3, -0.25) is 0 Å². The van der Waals surface area contributed by atoms with Gasteiger partial charge in [-0.1, -0.05) is 23.8 Å². The van der Waals surface area contributed by atoms with Gasteiger partial charge in [0, 0.05) is 11.6 Å². The Hall–Kier alpha value is -2.67. The summed E-state index contributed by atoms with van der Waals surface area (Å²) >= 11 is 0. The molecule has 120 valence electrons. The van der Waals surface area contributed by atoms with Crippen LogP contribution in [0.2, 0.25) is 0 Å². The minimum absolute atomic E-state index is 0.313. The maximum absolute atomic E-state index is 9.64. The first kappa shape index (κ1) is 16.7. The van der Waals surface area contributed by atoms with E-state index in [-0.39, 0.29) is 5.92 Å². The molecule has 0 bridgehead atoms. The largest absolute Gasteiger partial charge is 0.497 e. The molecule has 0 heterocycles. The van der Waals surface area contributed by atoms with Crippen molar-refractivity contribution in [2.24, 2.45) is 0 Å². The third-order valence-corrected chi connectivity index (χ3v) is 3.83. The Kier molecular flexibility index (Phi) is 5.48. The van der Waals surface area contributed by atoms with Crippen molar-refractivity contribution in [1.29, 1.82) is 5.26 Å². The van der Waals surface area contributed by atoms with Gasteiger partial charge in [0.2, 0.25) is 0 Å². The van der Waals surface area contributed by atoms with Gasteiger partial charge in [0.25, 0.3) is 0 Å². The molecule has 2 aromatic rings. The maximum atomic E-state index is 9.64. The van der Waals surface area contributed by atoms with Gasteiger partial charge in [0.15, 0.2) is 0 Å². The number of methoxy groups -OCH3 is 3. The van der Waals surface area contributed by atoms with E-state index in [0.29, 0.717) is 6.42 Å². The molecule has 4 heteroatoms. The Labute approximate surface area is 137 Å². The Morgan fingerprint density at radius 1 is 0.957 bits per heavy atom. The van der Waals surface area contributed by atoms with E-state index in [9.17, 15) is 5.26 Å². The third-order valence-electron chi connectivity index (χ3n) is 3.83. The van der Waals surface area contributed by atoms with Crippen LogP contribution in [0.15, 0.2) is 36.4 Å². The number of hydrogen-bond acceptors (Lipinski definition) is 4. The monoisotopic (exact) mass is 311 g/mol. The van der Waals surface area contributed by atoms with Gasteiger partial charge in [-0.2, -0.15) is 5.26 Å². The maximum Gasteiger partial charge on any atom is 0.125 e. The summed E-state index contributed by atoms with van der Waals surface area (Å²) in [5.74, 6) is 1.87. The molecule has 0 aromatic heterocycles. The van der Waals surface area contributed by atoms with E-state index in [1.54, 1.807) is 21.3 Å². The van der Waals surface area contributed by atoms with Gasteiger partial charge in [-0.15, -0.1) is 0 Å². The van der Waals surface area contributed by atoms with Gasteiger partial charge >= 0.3 is 0 Å². The van der Waals surface area contributed by atoms with Crippen LogP contribution in [0.1, 0.15) is 22.6 Å². The predicted molar refractivity (Wildman–Crippen MR) is 89.3 cm³/mol.